The van der Waals surface area contributed by atoms with E-state index in [1.165, 1.54) is 29.2 Å². The largest absolute Gasteiger partial charge is 0.481 e. The van der Waals surface area contributed by atoms with Crippen molar-refractivity contribution in [2.24, 2.45) is 11.8 Å². The molecule has 0 aromatic heterocycles. The Balaban J connectivity index is 0.00000312. The molecule has 25 heavy (non-hydrogen) atoms. The van der Waals surface area contributed by atoms with E-state index >= 15 is 0 Å². The molecular formula is C15H17ClF4N2O3. The lowest BCUT2D eigenvalue weighted by molar-refractivity contribution is -0.188. The number of halogens is 5. The van der Waals surface area contributed by atoms with Crippen LogP contribution in [0.3, 0.4) is 0 Å². The Morgan fingerprint density at radius 1 is 1.20 bits per heavy atom. The molecule has 1 heterocycles. The molecule has 5 nitrogen and oxygen atoms in total. The van der Waals surface area contributed by atoms with Crippen LogP contribution < -0.4 is 5.32 Å². The minimum absolute atomic E-state index is 0. The lowest BCUT2D eigenvalue weighted by Crippen LogP contribution is -2.33. The summed E-state index contributed by atoms with van der Waals surface area (Å²) in [6, 6.07) is 5.06. The van der Waals surface area contributed by atoms with Crippen LogP contribution in [-0.4, -0.2) is 47.7 Å². The van der Waals surface area contributed by atoms with Gasteiger partial charge in [0.1, 0.15) is 5.82 Å². The first kappa shape index (κ1) is 21.2. The summed E-state index contributed by atoms with van der Waals surface area (Å²) < 4.78 is 51.3. The number of anilines is 1. The van der Waals surface area contributed by atoms with Crippen LogP contribution in [0, 0.1) is 17.7 Å². The second kappa shape index (κ2) is 8.48. The molecule has 2 rings (SSSR count). The van der Waals surface area contributed by atoms with E-state index < -0.39 is 42.3 Å². The van der Waals surface area contributed by atoms with E-state index in [2.05, 4.69) is 5.32 Å². The number of hydrogen-bond donors (Lipinski definition) is 2. The molecule has 1 aliphatic heterocycles. The molecule has 1 amide bonds. The molecule has 0 unspecified atom stereocenters. The third-order valence-corrected chi connectivity index (χ3v) is 3.92. The first-order valence-corrected chi connectivity index (χ1v) is 7.24. The molecule has 1 aromatic carbocycles. The monoisotopic (exact) mass is 384 g/mol. The van der Waals surface area contributed by atoms with Crippen molar-refractivity contribution in [3.63, 3.8) is 0 Å². The van der Waals surface area contributed by atoms with E-state index in [0.29, 0.717) is 5.69 Å². The SMILES string of the molecule is Cl.O=C(CCN1C[C@@H](C(F)(F)F)[C@H](C(=O)O)C1)Nc1ccc(F)cc1. The number of carbonyl (C=O) groups excluding carboxylic acids is 1. The lowest BCUT2D eigenvalue weighted by Gasteiger charge is -2.18. The average molecular weight is 385 g/mol. The highest BCUT2D eigenvalue weighted by Gasteiger charge is 2.52. The number of nitrogens with one attached hydrogen (secondary N) is 1. The predicted octanol–water partition coefficient (Wildman–Crippen LogP) is 2.77. The van der Waals surface area contributed by atoms with Gasteiger partial charge in [-0.25, -0.2) is 4.39 Å². The van der Waals surface area contributed by atoms with Gasteiger partial charge in [0.05, 0.1) is 11.8 Å². The normalized spacial score (nSPS) is 20.8. The summed E-state index contributed by atoms with van der Waals surface area (Å²) in [5.41, 5.74) is 0.374. The maximum Gasteiger partial charge on any atom is 0.393 e. The van der Waals surface area contributed by atoms with Crippen LogP contribution in [-0.2, 0) is 9.59 Å². The second-order valence-electron chi connectivity index (χ2n) is 5.66. The van der Waals surface area contributed by atoms with Crippen molar-refractivity contribution >= 4 is 30.0 Å². The van der Waals surface area contributed by atoms with Crippen LogP contribution in [0.15, 0.2) is 24.3 Å². The number of benzene rings is 1. The van der Waals surface area contributed by atoms with Gasteiger partial charge in [-0.05, 0) is 24.3 Å². The molecule has 0 spiro atoms. The van der Waals surface area contributed by atoms with Crippen LogP contribution in [0.5, 0.6) is 0 Å². The fourth-order valence-electron chi connectivity index (χ4n) is 2.67. The molecular weight excluding hydrogens is 368 g/mol. The quantitative estimate of drug-likeness (QED) is 0.766. The third-order valence-electron chi connectivity index (χ3n) is 3.92. The van der Waals surface area contributed by atoms with Gasteiger partial charge < -0.3 is 15.3 Å². The van der Waals surface area contributed by atoms with E-state index in [1.54, 1.807) is 0 Å². The third kappa shape index (κ3) is 5.86. The zero-order valence-electron chi connectivity index (χ0n) is 12.9. The molecule has 0 saturated carbocycles. The Bertz CT molecular complexity index is 610. The van der Waals surface area contributed by atoms with Gasteiger partial charge in [0.2, 0.25) is 5.91 Å². The summed E-state index contributed by atoms with van der Waals surface area (Å²) in [5, 5.41) is 11.4. The number of rotatable bonds is 5. The van der Waals surface area contributed by atoms with E-state index in [4.69, 9.17) is 5.11 Å². The summed E-state index contributed by atoms with van der Waals surface area (Å²) in [5.74, 6) is -5.84. The highest BCUT2D eigenvalue weighted by atomic mass is 35.5. The second-order valence-corrected chi connectivity index (χ2v) is 5.66. The van der Waals surface area contributed by atoms with Crippen LogP contribution in [0.4, 0.5) is 23.2 Å². The topological polar surface area (TPSA) is 69.6 Å². The fourth-order valence-corrected chi connectivity index (χ4v) is 2.67. The number of aliphatic carboxylic acids is 1. The number of carboxylic acid groups (broad SMARTS) is 1. The predicted molar refractivity (Wildman–Crippen MR) is 84.0 cm³/mol. The van der Waals surface area contributed by atoms with Gasteiger partial charge in [-0.2, -0.15) is 13.2 Å². The maximum atomic E-state index is 12.9. The van der Waals surface area contributed by atoms with E-state index in [-0.39, 0.29) is 31.9 Å². The van der Waals surface area contributed by atoms with Crippen molar-refractivity contribution in [2.75, 3.05) is 25.0 Å². The van der Waals surface area contributed by atoms with Crippen LogP contribution >= 0.6 is 12.4 Å². The van der Waals surface area contributed by atoms with Gasteiger partial charge in [0.25, 0.3) is 0 Å². The molecule has 1 saturated heterocycles. The van der Waals surface area contributed by atoms with Crippen molar-refractivity contribution in [1.29, 1.82) is 0 Å². The molecule has 1 aromatic rings. The molecule has 1 aliphatic rings. The molecule has 0 aliphatic carbocycles. The molecule has 10 heteroatoms. The minimum atomic E-state index is -4.59. The summed E-state index contributed by atoms with van der Waals surface area (Å²) in [4.78, 5) is 24.1. The Morgan fingerprint density at radius 2 is 1.80 bits per heavy atom. The minimum Gasteiger partial charge on any atom is -0.481 e. The zero-order chi connectivity index (χ0) is 17.9. The van der Waals surface area contributed by atoms with Crippen molar-refractivity contribution < 1.29 is 32.3 Å². The first-order chi connectivity index (χ1) is 11.2. The van der Waals surface area contributed by atoms with Crippen molar-refractivity contribution in [2.45, 2.75) is 12.6 Å². The average Bonchev–Trinajstić information content (AvgIpc) is 2.92. The standard InChI is InChI=1S/C15H16F4N2O3.ClH/c16-9-1-3-10(4-2-9)20-13(22)5-6-21-7-11(14(23)24)12(8-21)15(17,18)19;/h1-4,11-12H,5-8H2,(H,20,22)(H,23,24);1H/t11-,12-;/m1./s1. The highest BCUT2D eigenvalue weighted by molar-refractivity contribution is 5.90. The number of carbonyl (C=O) groups is 2. The maximum absolute atomic E-state index is 12.9. The number of likely N-dealkylation sites (tertiary alicyclic amines) is 1. The Morgan fingerprint density at radius 3 is 2.28 bits per heavy atom. The van der Waals surface area contributed by atoms with Gasteiger partial charge in [-0.1, -0.05) is 0 Å². The van der Waals surface area contributed by atoms with E-state index in [0.717, 1.165) is 0 Å². The van der Waals surface area contributed by atoms with Crippen LogP contribution in [0.2, 0.25) is 0 Å². The van der Waals surface area contributed by atoms with E-state index in [1.807, 2.05) is 0 Å². The summed E-state index contributed by atoms with van der Waals surface area (Å²) in [7, 11) is 0. The smallest absolute Gasteiger partial charge is 0.393 e. The van der Waals surface area contributed by atoms with Gasteiger partial charge >= 0.3 is 12.1 Å². The Labute approximate surface area is 147 Å². The van der Waals surface area contributed by atoms with Crippen molar-refractivity contribution in [3.8, 4) is 0 Å². The first-order valence-electron chi connectivity index (χ1n) is 7.24. The molecule has 0 bridgehead atoms. The lowest BCUT2D eigenvalue weighted by atomic mass is 9.96. The Hall–Kier alpha value is -1.87. The van der Waals surface area contributed by atoms with Gasteiger partial charge in [-0.15, -0.1) is 12.4 Å². The Kier molecular flexibility index (Phi) is 7.18. The highest BCUT2D eigenvalue weighted by Crippen LogP contribution is 2.37. The summed E-state index contributed by atoms with van der Waals surface area (Å²) in [6.45, 7) is -0.670. The number of carboxylic acids is 1. The summed E-state index contributed by atoms with van der Waals surface area (Å²) in [6.07, 6.45) is -4.68. The molecule has 2 atom stereocenters. The molecule has 140 valence electrons. The van der Waals surface area contributed by atoms with Crippen molar-refractivity contribution in [1.82, 2.24) is 4.90 Å². The molecule has 0 radical (unpaired) electrons. The van der Waals surface area contributed by atoms with Crippen molar-refractivity contribution in [3.05, 3.63) is 30.1 Å². The van der Waals surface area contributed by atoms with Gasteiger partial charge in [0.15, 0.2) is 0 Å². The number of amides is 1. The number of alkyl halides is 3. The van der Waals surface area contributed by atoms with E-state index in [9.17, 15) is 27.2 Å². The zero-order valence-corrected chi connectivity index (χ0v) is 13.7. The van der Waals surface area contributed by atoms with Gasteiger partial charge in [-0.3, -0.25) is 9.59 Å². The number of hydrogen-bond acceptors (Lipinski definition) is 3. The van der Waals surface area contributed by atoms with Crippen LogP contribution in [0.25, 0.3) is 0 Å². The summed E-state index contributed by atoms with van der Waals surface area (Å²) >= 11 is 0. The molecule has 2 N–H and O–H groups in total. The van der Waals surface area contributed by atoms with Crippen LogP contribution in [0.1, 0.15) is 6.42 Å². The van der Waals surface area contributed by atoms with Gasteiger partial charge in [0, 0.05) is 31.7 Å². The number of nitrogens with zero attached hydrogens (tertiary/aromatic N) is 1. The molecule has 1 fully saturated rings. The fraction of sp³-hybridized carbons (Fsp3) is 0.467.